The summed E-state index contributed by atoms with van der Waals surface area (Å²) in [6, 6.07) is 12.7. The first-order chi connectivity index (χ1) is 9.99. The summed E-state index contributed by atoms with van der Waals surface area (Å²) in [4.78, 5) is 11.4. The summed E-state index contributed by atoms with van der Waals surface area (Å²) in [5.41, 5.74) is 3.19. The van der Waals surface area contributed by atoms with Gasteiger partial charge in [-0.2, -0.15) is 0 Å². The molecule has 0 aliphatic carbocycles. The van der Waals surface area contributed by atoms with Gasteiger partial charge in [0.05, 0.1) is 5.02 Å². The van der Waals surface area contributed by atoms with Crippen molar-refractivity contribution >= 4 is 17.6 Å². The Hall–Kier alpha value is -2.00. The van der Waals surface area contributed by atoms with Crippen LogP contribution in [0.4, 0.5) is 0 Å². The standard InChI is InChI=1S/C17H17ClO3/c1-11-6-5-7-13(12(11)2)10-16(17(19)20)21-15-9-4-3-8-14(15)18/h3-9,16H,10H2,1-2H3,(H,19,20)/t16-/m0/s1. The third-order valence-corrected chi connectivity index (χ3v) is 3.82. The van der Waals surface area contributed by atoms with E-state index in [9.17, 15) is 9.90 Å². The van der Waals surface area contributed by atoms with E-state index >= 15 is 0 Å². The number of aryl methyl sites for hydroxylation is 1. The van der Waals surface area contributed by atoms with E-state index in [2.05, 4.69) is 0 Å². The van der Waals surface area contributed by atoms with Gasteiger partial charge in [-0.05, 0) is 42.7 Å². The van der Waals surface area contributed by atoms with Crippen LogP contribution in [0, 0.1) is 13.8 Å². The van der Waals surface area contributed by atoms with Gasteiger partial charge in [0, 0.05) is 6.42 Å². The van der Waals surface area contributed by atoms with Crippen molar-refractivity contribution in [1.29, 1.82) is 0 Å². The number of hydrogen-bond donors (Lipinski definition) is 1. The van der Waals surface area contributed by atoms with Crippen molar-refractivity contribution in [3.05, 3.63) is 64.2 Å². The zero-order valence-electron chi connectivity index (χ0n) is 12.0. The van der Waals surface area contributed by atoms with Crippen molar-refractivity contribution in [2.45, 2.75) is 26.4 Å². The van der Waals surface area contributed by atoms with Gasteiger partial charge in [-0.25, -0.2) is 4.79 Å². The number of aliphatic carboxylic acids is 1. The van der Waals surface area contributed by atoms with Crippen molar-refractivity contribution in [1.82, 2.24) is 0 Å². The molecule has 0 fully saturated rings. The van der Waals surface area contributed by atoms with E-state index in [0.717, 1.165) is 16.7 Å². The maximum atomic E-state index is 11.4. The average molecular weight is 305 g/mol. The van der Waals surface area contributed by atoms with Crippen molar-refractivity contribution in [2.75, 3.05) is 0 Å². The molecule has 110 valence electrons. The van der Waals surface area contributed by atoms with Crippen LogP contribution in [0.25, 0.3) is 0 Å². The number of rotatable bonds is 5. The zero-order chi connectivity index (χ0) is 15.4. The maximum Gasteiger partial charge on any atom is 0.345 e. The van der Waals surface area contributed by atoms with E-state index in [0.29, 0.717) is 17.2 Å². The molecule has 0 unspecified atom stereocenters. The van der Waals surface area contributed by atoms with E-state index in [1.807, 2.05) is 32.0 Å². The highest BCUT2D eigenvalue weighted by Gasteiger charge is 2.22. The molecular formula is C17H17ClO3. The molecule has 4 heteroatoms. The molecule has 2 rings (SSSR count). The summed E-state index contributed by atoms with van der Waals surface area (Å²) in [5, 5.41) is 9.79. The lowest BCUT2D eigenvalue weighted by Crippen LogP contribution is -2.29. The Morgan fingerprint density at radius 3 is 2.57 bits per heavy atom. The van der Waals surface area contributed by atoms with E-state index in [1.165, 1.54) is 0 Å². The molecule has 0 aromatic heterocycles. The summed E-state index contributed by atoms with van der Waals surface area (Å²) in [6.07, 6.45) is -0.668. The molecule has 0 aliphatic heterocycles. The largest absolute Gasteiger partial charge is 0.478 e. The summed E-state index contributed by atoms with van der Waals surface area (Å²) in [7, 11) is 0. The van der Waals surface area contributed by atoms with Gasteiger partial charge in [-0.3, -0.25) is 0 Å². The predicted molar refractivity (Wildman–Crippen MR) is 83.1 cm³/mol. The SMILES string of the molecule is Cc1cccc(C[C@H](Oc2ccccc2Cl)C(=O)O)c1C. The lowest BCUT2D eigenvalue weighted by molar-refractivity contribution is -0.145. The van der Waals surface area contributed by atoms with E-state index in [4.69, 9.17) is 16.3 Å². The molecule has 21 heavy (non-hydrogen) atoms. The van der Waals surface area contributed by atoms with Crippen LogP contribution in [0.2, 0.25) is 5.02 Å². The van der Waals surface area contributed by atoms with Crippen LogP contribution in [0.3, 0.4) is 0 Å². The fraction of sp³-hybridized carbons (Fsp3) is 0.235. The van der Waals surface area contributed by atoms with Gasteiger partial charge in [0.15, 0.2) is 6.10 Å². The van der Waals surface area contributed by atoms with Crippen molar-refractivity contribution in [2.24, 2.45) is 0 Å². The Bertz CT molecular complexity index is 652. The smallest absolute Gasteiger partial charge is 0.345 e. The minimum Gasteiger partial charge on any atom is -0.478 e. The highest BCUT2D eigenvalue weighted by Crippen LogP contribution is 2.25. The number of carbonyl (C=O) groups is 1. The topological polar surface area (TPSA) is 46.5 Å². The second-order valence-corrected chi connectivity index (χ2v) is 5.35. The fourth-order valence-corrected chi connectivity index (χ4v) is 2.29. The van der Waals surface area contributed by atoms with Gasteiger partial charge in [0.25, 0.3) is 0 Å². The lowest BCUT2D eigenvalue weighted by Gasteiger charge is -2.17. The first-order valence-corrected chi connectivity index (χ1v) is 7.06. The Morgan fingerprint density at radius 1 is 1.19 bits per heavy atom. The highest BCUT2D eigenvalue weighted by atomic mass is 35.5. The molecule has 2 aromatic carbocycles. The molecule has 1 N–H and O–H groups in total. The summed E-state index contributed by atoms with van der Waals surface area (Å²) < 4.78 is 5.57. The van der Waals surface area contributed by atoms with Crippen LogP contribution in [0.5, 0.6) is 5.75 Å². The Kier molecular flexibility index (Phi) is 4.86. The average Bonchev–Trinajstić information content (AvgIpc) is 2.45. The summed E-state index contributed by atoms with van der Waals surface area (Å²) in [6.45, 7) is 3.99. The quantitative estimate of drug-likeness (QED) is 0.907. The van der Waals surface area contributed by atoms with Crippen LogP contribution < -0.4 is 4.74 Å². The normalized spacial score (nSPS) is 12.0. The number of halogens is 1. The molecule has 1 atom stereocenters. The molecule has 0 heterocycles. The molecule has 0 radical (unpaired) electrons. The number of ether oxygens (including phenoxy) is 1. The van der Waals surface area contributed by atoms with Gasteiger partial charge in [0.2, 0.25) is 0 Å². The molecule has 0 bridgehead atoms. The highest BCUT2D eigenvalue weighted by molar-refractivity contribution is 6.32. The molecule has 0 spiro atoms. The summed E-state index contributed by atoms with van der Waals surface area (Å²) >= 11 is 6.01. The zero-order valence-corrected chi connectivity index (χ0v) is 12.7. The molecule has 2 aromatic rings. The Morgan fingerprint density at radius 2 is 1.90 bits per heavy atom. The van der Waals surface area contributed by atoms with Crippen LogP contribution in [-0.4, -0.2) is 17.2 Å². The van der Waals surface area contributed by atoms with Gasteiger partial charge in [-0.15, -0.1) is 0 Å². The van der Waals surface area contributed by atoms with E-state index in [-0.39, 0.29) is 0 Å². The number of para-hydroxylation sites is 1. The molecular weight excluding hydrogens is 288 g/mol. The van der Waals surface area contributed by atoms with Crippen molar-refractivity contribution < 1.29 is 14.6 Å². The maximum absolute atomic E-state index is 11.4. The fourth-order valence-electron chi connectivity index (χ4n) is 2.11. The number of hydrogen-bond acceptors (Lipinski definition) is 2. The third kappa shape index (κ3) is 3.76. The molecule has 3 nitrogen and oxygen atoms in total. The predicted octanol–water partition coefficient (Wildman–Crippen LogP) is 4.03. The number of benzene rings is 2. The van der Waals surface area contributed by atoms with Crippen LogP contribution in [0.1, 0.15) is 16.7 Å². The van der Waals surface area contributed by atoms with Gasteiger partial charge in [0.1, 0.15) is 5.75 Å². The molecule has 0 saturated heterocycles. The molecule has 0 saturated carbocycles. The Labute approximate surface area is 129 Å². The monoisotopic (exact) mass is 304 g/mol. The second-order valence-electron chi connectivity index (χ2n) is 4.94. The molecule has 0 amide bonds. The third-order valence-electron chi connectivity index (χ3n) is 3.50. The van der Waals surface area contributed by atoms with Gasteiger partial charge in [-0.1, -0.05) is 41.9 Å². The number of carboxylic acids is 1. The first-order valence-electron chi connectivity index (χ1n) is 6.68. The minimum absolute atomic E-state index is 0.300. The number of carboxylic acid groups (broad SMARTS) is 1. The Balaban J connectivity index is 2.22. The molecule has 0 aliphatic rings. The van der Waals surface area contributed by atoms with E-state index in [1.54, 1.807) is 24.3 Å². The van der Waals surface area contributed by atoms with Crippen LogP contribution in [-0.2, 0) is 11.2 Å². The minimum atomic E-state index is -1.00. The lowest BCUT2D eigenvalue weighted by atomic mass is 9.98. The van der Waals surface area contributed by atoms with Crippen molar-refractivity contribution in [3.8, 4) is 5.75 Å². The summed E-state index contributed by atoms with van der Waals surface area (Å²) in [5.74, 6) is -0.618. The second kappa shape index (κ2) is 6.64. The van der Waals surface area contributed by atoms with E-state index < -0.39 is 12.1 Å². The van der Waals surface area contributed by atoms with Gasteiger partial charge >= 0.3 is 5.97 Å². The van der Waals surface area contributed by atoms with Gasteiger partial charge < -0.3 is 9.84 Å². The van der Waals surface area contributed by atoms with Crippen molar-refractivity contribution in [3.63, 3.8) is 0 Å². The first kappa shape index (κ1) is 15.4. The van der Waals surface area contributed by atoms with Crippen LogP contribution >= 0.6 is 11.6 Å². The van der Waals surface area contributed by atoms with Crippen LogP contribution in [0.15, 0.2) is 42.5 Å².